The van der Waals surface area contributed by atoms with Gasteiger partial charge in [0.15, 0.2) is 0 Å². The molecular weight excluding hydrogens is 420 g/mol. The van der Waals surface area contributed by atoms with Crippen molar-refractivity contribution >= 4 is 18.0 Å². The topological polar surface area (TPSA) is 95.9 Å². The first-order valence-corrected chi connectivity index (χ1v) is 10.6. The number of benzene rings is 3. The van der Waals surface area contributed by atoms with E-state index in [0.717, 1.165) is 21.6 Å². The first-order chi connectivity index (χ1) is 15.9. The highest BCUT2D eigenvalue weighted by Gasteiger charge is 2.28. The summed E-state index contributed by atoms with van der Waals surface area (Å²) in [5, 5.41) is 11.5. The molecule has 3 aromatic rings. The number of carbonyl (C=O) groups excluding carboxylic acids is 2. The number of likely N-dealkylation sites (N-methyl/N-ethyl adjacent to an activating group) is 1. The quantitative estimate of drug-likeness (QED) is 0.577. The van der Waals surface area contributed by atoms with Crippen LogP contribution in [-0.2, 0) is 16.1 Å². The zero-order valence-corrected chi connectivity index (χ0v) is 18.2. The second kappa shape index (κ2) is 9.56. The van der Waals surface area contributed by atoms with Crippen molar-refractivity contribution in [3.63, 3.8) is 0 Å². The number of carbonyl (C=O) groups is 3. The van der Waals surface area contributed by atoms with Gasteiger partial charge >= 0.3 is 12.1 Å². The van der Waals surface area contributed by atoms with Crippen LogP contribution in [-0.4, -0.2) is 48.2 Å². The van der Waals surface area contributed by atoms with Crippen molar-refractivity contribution in [3.05, 3.63) is 95.1 Å². The molecule has 0 spiro atoms. The molecule has 1 aliphatic rings. The van der Waals surface area contributed by atoms with Crippen molar-refractivity contribution in [3.8, 4) is 11.1 Å². The Morgan fingerprint density at radius 3 is 2.06 bits per heavy atom. The molecule has 7 nitrogen and oxygen atoms in total. The third-order valence-electron chi connectivity index (χ3n) is 5.70. The van der Waals surface area contributed by atoms with Crippen molar-refractivity contribution in [2.24, 2.45) is 0 Å². The molecule has 0 bridgehead atoms. The summed E-state index contributed by atoms with van der Waals surface area (Å²) in [7, 11) is 1.43. The number of carboxylic acids is 1. The number of aliphatic carboxylic acids is 1. The fourth-order valence-corrected chi connectivity index (χ4v) is 4.08. The van der Waals surface area contributed by atoms with Crippen molar-refractivity contribution in [2.75, 3.05) is 20.2 Å². The average molecular weight is 444 g/mol. The summed E-state index contributed by atoms with van der Waals surface area (Å²) in [5.74, 6) is -1.46. The van der Waals surface area contributed by atoms with E-state index in [1.807, 2.05) is 24.3 Å². The average Bonchev–Trinajstić information content (AvgIpc) is 3.14. The minimum absolute atomic E-state index is 0.00348. The highest BCUT2D eigenvalue weighted by molar-refractivity contribution is 5.95. The maximum Gasteiger partial charge on any atom is 0.407 e. The molecule has 0 radical (unpaired) electrons. The van der Waals surface area contributed by atoms with E-state index in [0.29, 0.717) is 5.56 Å². The summed E-state index contributed by atoms with van der Waals surface area (Å²) in [4.78, 5) is 36.4. The van der Waals surface area contributed by atoms with Gasteiger partial charge in [-0.1, -0.05) is 60.7 Å². The Morgan fingerprint density at radius 2 is 1.48 bits per heavy atom. The number of alkyl carbamates (subject to hydrolysis) is 1. The Bertz CT molecular complexity index is 1140. The maximum atomic E-state index is 12.3. The third-order valence-corrected chi connectivity index (χ3v) is 5.70. The minimum atomic E-state index is -1.07. The van der Waals surface area contributed by atoms with E-state index < -0.39 is 12.1 Å². The van der Waals surface area contributed by atoms with Gasteiger partial charge in [-0.25, -0.2) is 4.79 Å². The van der Waals surface area contributed by atoms with E-state index >= 15 is 0 Å². The summed E-state index contributed by atoms with van der Waals surface area (Å²) in [6.07, 6.45) is -0.516. The SMILES string of the molecule is CN(CC(=O)O)C(=O)c1ccc(CNC(=O)OCC2c3ccccc3-c3ccccc32)cc1. The second-order valence-corrected chi connectivity index (χ2v) is 7.93. The number of hydrogen-bond donors (Lipinski definition) is 2. The van der Waals surface area contributed by atoms with Crippen LogP contribution in [0.5, 0.6) is 0 Å². The predicted octanol–water partition coefficient (Wildman–Crippen LogP) is 3.88. The molecule has 0 heterocycles. The Morgan fingerprint density at radius 1 is 0.909 bits per heavy atom. The van der Waals surface area contributed by atoms with Crippen LogP contribution in [0.1, 0.15) is 33.0 Å². The van der Waals surface area contributed by atoms with Crippen LogP contribution in [0, 0.1) is 0 Å². The fourth-order valence-electron chi connectivity index (χ4n) is 4.08. The normalized spacial score (nSPS) is 11.9. The fraction of sp³-hybridized carbons (Fsp3) is 0.192. The number of carboxylic acid groups (broad SMARTS) is 1. The molecule has 168 valence electrons. The van der Waals surface area contributed by atoms with Crippen molar-refractivity contribution in [2.45, 2.75) is 12.5 Å². The molecule has 0 saturated carbocycles. The molecule has 0 fully saturated rings. The third kappa shape index (κ3) is 4.87. The molecule has 0 aliphatic heterocycles. The van der Waals surface area contributed by atoms with Gasteiger partial charge in [0.2, 0.25) is 0 Å². The van der Waals surface area contributed by atoms with Gasteiger partial charge in [0.25, 0.3) is 5.91 Å². The number of fused-ring (bicyclic) bond motifs is 3. The van der Waals surface area contributed by atoms with E-state index in [1.54, 1.807) is 24.3 Å². The van der Waals surface area contributed by atoms with Gasteiger partial charge < -0.3 is 20.1 Å². The molecule has 0 saturated heterocycles. The Kier molecular flexibility index (Phi) is 6.40. The molecule has 2 N–H and O–H groups in total. The highest BCUT2D eigenvalue weighted by Crippen LogP contribution is 2.44. The zero-order chi connectivity index (χ0) is 23.4. The second-order valence-electron chi connectivity index (χ2n) is 7.93. The smallest absolute Gasteiger partial charge is 0.407 e. The van der Waals surface area contributed by atoms with Crippen LogP contribution in [0.2, 0.25) is 0 Å². The molecule has 4 rings (SSSR count). The molecule has 2 amide bonds. The number of nitrogens with zero attached hydrogens (tertiary/aromatic N) is 1. The molecule has 3 aromatic carbocycles. The summed E-state index contributed by atoms with van der Waals surface area (Å²) in [6.45, 7) is 0.114. The summed E-state index contributed by atoms with van der Waals surface area (Å²) < 4.78 is 5.53. The van der Waals surface area contributed by atoms with Gasteiger partial charge in [-0.15, -0.1) is 0 Å². The monoisotopic (exact) mass is 444 g/mol. The van der Waals surface area contributed by atoms with Crippen molar-refractivity contribution in [1.29, 1.82) is 0 Å². The van der Waals surface area contributed by atoms with Crippen molar-refractivity contribution in [1.82, 2.24) is 10.2 Å². The van der Waals surface area contributed by atoms with E-state index in [-0.39, 0.29) is 31.5 Å². The van der Waals surface area contributed by atoms with Gasteiger partial charge in [-0.3, -0.25) is 9.59 Å². The molecule has 33 heavy (non-hydrogen) atoms. The standard InChI is InChI=1S/C26H24N2O5/c1-28(15-24(29)30)25(31)18-12-10-17(11-13-18)14-27-26(32)33-16-23-21-8-4-2-6-19(21)20-7-3-5-9-22(20)23/h2-13,23H,14-16H2,1H3,(H,27,32)(H,29,30). The number of nitrogens with one attached hydrogen (secondary N) is 1. The first-order valence-electron chi connectivity index (χ1n) is 10.6. The van der Waals surface area contributed by atoms with Gasteiger partial charge in [0, 0.05) is 25.1 Å². The number of rotatable bonds is 7. The van der Waals surface area contributed by atoms with Gasteiger partial charge in [0.05, 0.1) is 0 Å². The van der Waals surface area contributed by atoms with Crippen LogP contribution in [0.4, 0.5) is 4.79 Å². The van der Waals surface area contributed by atoms with E-state index in [2.05, 4.69) is 29.6 Å². The number of hydrogen-bond acceptors (Lipinski definition) is 4. The van der Waals surface area contributed by atoms with Crippen LogP contribution in [0.15, 0.2) is 72.8 Å². The van der Waals surface area contributed by atoms with E-state index in [1.165, 1.54) is 18.2 Å². The summed E-state index contributed by atoms with van der Waals surface area (Å²) in [6, 6.07) is 22.9. The lowest BCUT2D eigenvalue weighted by Gasteiger charge is -2.15. The molecule has 0 unspecified atom stereocenters. The van der Waals surface area contributed by atoms with Crippen molar-refractivity contribution < 1.29 is 24.2 Å². The zero-order valence-electron chi connectivity index (χ0n) is 18.2. The molecule has 0 atom stereocenters. The summed E-state index contributed by atoms with van der Waals surface area (Å²) >= 11 is 0. The highest BCUT2D eigenvalue weighted by atomic mass is 16.5. The number of ether oxygens (including phenoxy) is 1. The molecule has 7 heteroatoms. The van der Waals surface area contributed by atoms with Crippen LogP contribution >= 0.6 is 0 Å². The Hall–Kier alpha value is -4.13. The van der Waals surface area contributed by atoms with Crippen LogP contribution < -0.4 is 5.32 Å². The lowest BCUT2D eigenvalue weighted by Crippen LogP contribution is -2.31. The molecule has 0 aromatic heterocycles. The Labute approximate surface area is 191 Å². The summed E-state index contributed by atoms with van der Waals surface area (Å²) in [5.41, 5.74) is 5.82. The number of amides is 2. The predicted molar refractivity (Wildman–Crippen MR) is 123 cm³/mol. The molecule has 1 aliphatic carbocycles. The van der Waals surface area contributed by atoms with Crippen LogP contribution in [0.25, 0.3) is 11.1 Å². The minimum Gasteiger partial charge on any atom is -0.480 e. The van der Waals surface area contributed by atoms with E-state index in [9.17, 15) is 14.4 Å². The van der Waals surface area contributed by atoms with Gasteiger partial charge in [-0.05, 0) is 39.9 Å². The maximum absolute atomic E-state index is 12.3. The van der Waals surface area contributed by atoms with Crippen LogP contribution in [0.3, 0.4) is 0 Å². The lowest BCUT2D eigenvalue weighted by atomic mass is 9.98. The van der Waals surface area contributed by atoms with E-state index in [4.69, 9.17) is 9.84 Å². The van der Waals surface area contributed by atoms with Gasteiger partial charge in [0.1, 0.15) is 13.2 Å². The first kappa shape index (κ1) is 22.1. The largest absolute Gasteiger partial charge is 0.480 e. The molecular formula is C26H24N2O5. The van der Waals surface area contributed by atoms with Gasteiger partial charge in [-0.2, -0.15) is 0 Å². The lowest BCUT2D eigenvalue weighted by molar-refractivity contribution is -0.137. The Balaban J connectivity index is 1.32.